The molecule has 2 unspecified atom stereocenters. The Kier molecular flexibility index (Phi) is 4.16. The van der Waals surface area contributed by atoms with Crippen molar-refractivity contribution in [2.45, 2.75) is 37.5 Å². The Balaban J connectivity index is 1.47. The maximum absolute atomic E-state index is 12.5. The van der Waals surface area contributed by atoms with Gasteiger partial charge in [0.1, 0.15) is 11.5 Å². The SMILES string of the molecule is C=C1C2CC3CC(C2)CC1(c1ccc2ccc(OP4(=O)OCCO4)cc2c1OC)C3. The summed E-state index contributed by atoms with van der Waals surface area (Å²) in [6, 6.07) is 10.1. The van der Waals surface area contributed by atoms with Crippen molar-refractivity contribution in [2.75, 3.05) is 20.3 Å². The first-order valence-corrected chi connectivity index (χ1v) is 12.3. The van der Waals surface area contributed by atoms with Crippen LogP contribution in [-0.2, 0) is 19.0 Å². The fourth-order valence-corrected chi connectivity index (χ4v) is 7.89. The van der Waals surface area contributed by atoms with Crippen molar-refractivity contribution >= 4 is 18.6 Å². The highest BCUT2D eigenvalue weighted by atomic mass is 31.2. The van der Waals surface area contributed by atoms with E-state index in [0.717, 1.165) is 28.4 Å². The van der Waals surface area contributed by atoms with Gasteiger partial charge < -0.3 is 9.26 Å². The number of ether oxygens (including phenoxy) is 1. The van der Waals surface area contributed by atoms with Crippen LogP contribution in [0.25, 0.3) is 10.8 Å². The van der Waals surface area contributed by atoms with Crippen molar-refractivity contribution in [3.63, 3.8) is 0 Å². The molecule has 7 rings (SSSR count). The number of hydrogen-bond donors (Lipinski definition) is 0. The Morgan fingerprint density at radius 3 is 2.47 bits per heavy atom. The predicted molar refractivity (Wildman–Crippen MR) is 115 cm³/mol. The topological polar surface area (TPSA) is 54.0 Å². The molecule has 4 aliphatic carbocycles. The molecule has 1 saturated heterocycles. The van der Waals surface area contributed by atoms with E-state index >= 15 is 0 Å². The van der Waals surface area contributed by atoms with Crippen LogP contribution in [0.5, 0.6) is 11.5 Å². The number of allylic oxidation sites excluding steroid dienone is 1. The third-order valence-corrected chi connectivity index (χ3v) is 9.18. The summed E-state index contributed by atoms with van der Waals surface area (Å²) >= 11 is 0. The van der Waals surface area contributed by atoms with Gasteiger partial charge in [0.25, 0.3) is 0 Å². The van der Waals surface area contributed by atoms with E-state index in [2.05, 4.69) is 18.7 Å². The number of methoxy groups -OCH3 is 1. The fourth-order valence-electron chi connectivity index (χ4n) is 6.74. The number of rotatable bonds is 4. The predicted octanol–water partition coefficient (Wildman–Crippen LogP) is 6.02. The summed E-state index contributed by atoms with van der Waals surface area (Å²) in [7, 11) is -1.78. The summed E-state index contributed by atoms with van der Waals surface area (Å²) in [5.74, 6) is 3.59. The number of fused-ring (bicyclic) bond motifs is 1. The summed E-state index contributed by atoms with van der Waals surface area (Å²) in [4.78, 5) is 0. The monoisotopic (exact) mass is 426 g/mol. The molecule has 2 aromatic rings. The Morgan fingerprint density at radius 2 is 1.77 bits per heavy atom. The summed E-state index contributed by atoms with van der Waals surface area (Å²) in [5.41, 5.74) is 2.66. The van der Waals surface area contributed by atoms with Gasteiger partial charge in [-0.15, -0.1) is 0 Å². The molecule has 0 spiro atoms. The first-order valence-electron chi connectivity index (χ1n) is 10.9. The van der Waals surface area contributed by atoms with Crippen molar-refractivity contribution < 1.29 is 22.9 Å². The Bertz CT molecular complexity index is 1070. The molecule has 5 nitrogen and oxygen atoms in total. The van der Waals surface area contributed by atoms with Crippen molar-refractivity contribution in [1.82, 2.24) is 0 Å². The molecular weight excluding hydrogens is 399 g/mol. The van der Waals surface area contributed by atoms with Gasteiger partial charge in [-0.3, -0.25) is 9.05 Å². The normalized spacial score (nSPS) is 33.9. The van der Waals surface area contributed by atoms with Gasteiger partial charge in [0, 0.05) is 16.4 Å². The summed E-state index contributed by atoms with van der Waals surface area (Å²) in [5, 5.41) is 2.02. The second-order valence-corrected chi connectivity index (χ2v) is 11.0. The Labute approximate surface area is 177 Å². The van der Waals surface area contributed by atoms with Crippen LogP contribution in [0.2, 0.25) is 0 Å². The number of hydrogen-bond acceptors (Lipinski definition) is 5. The van der Waals surface area contributed by atoms with E-state index in [0.29, 0.717) is 11.7 Å². The third kappa shape index (κ3) is 2.72. The molecule has 5 fully saturated rings. The highest BCUT2D eigenvalue weighted by molar-refractivity contribution is 7.49. The van der Waals surface area contributed by atoms with E-state index in [1.807, 2.05) is 12.1 Å². The van der Waals surface area contributed by atoms with Crippen LogP contribution < -0.4 is 9.26 Å². The maximum Gasteiger partial charge on any atom is 0.530 e. The second kappa shape index (κ2) is 6.59. The lowest BCUT2D eigenvalue weighted by molar-refractivity contribution is 0.0462. The number of benzene rings is 2. The molecule has 1 aliphatic heterocycles. The molecule has 4 bridgehead atoms. The van der Waals surface area contributed by atoms with Crippen LogP contribution in [-0.4, -0.2) is 20.3 Å². The van der Waals surface area contributed by atoms with E-state index in [1.165, 1.54) is 43.2 Å². The quantitative estimate of drug-likeness (QED) is 0.442. The zero-order valence-electron chi connectivity index (χ0n) is 17.3. The van der Waals surface area contributed by atoms with Gasteiger partial charge in [-0.25, -0.2) is 4.57 Å². The van der Waals surface area contributed by atoms with E-state index in [9.17, 15) is 4.57 Å². The second-order valence-electron chi connectivity index (χ2n) is 9.39. The number of phosphoric acid groups is 1. The van der Waals surface area contributed by atoms with Crippen molar-refractivity contribution in [1.29, 1.82) is 0 Å². The van der Waals surface area contributed by atoms with Crippen LogP contribution in [0.4, 0.5) is 0 Å². The molecule has 4 saturated carbocycles. The average molecular weight is 426 g/mol. The van der Waals surface area contributed by atoms with E-state index in [1.54, 1.807) is 13.2 Å². The van der Waals surface area contributed by atoms with Crippen LogP contribution in [0.15, 0.2) is 42.5 Å². The van der Waals surface area contributed by atoms with Crippen LogP contribution in [0.1, 0.15) is 37.7 Å². The van der Waals surface area contributed by atoms with E-state index in [-0.39, 0.29) is 18.6 Å². The smallest absolute Gasteiger partial charge is 0.496 e. The lowest BCUT2D eigenvalue weighted by Crippen LogP contribution is -2.50. The van der Waals surface area contributed by atoms with Gasteiger partial charge in [0.15, 0.2) is 0 Å². The minimum Gasteiger partial charge on any atom is -0.496 e. The molecule has 0 aromatic heterocycles. The van der Waals surface area contributed by atoms with Gasteiger partial charge in [-0.2, -0.15) is 0 Å². The van der Waals surface area contributed by atoms with Gasteiger partial charge in [0.2, 0.25) is 0 Å². The molecule has 5 aliphatic rings. The molecule has 2 aromatic carbocycles. The summed E-state index contributed by atoms with van der Waals surface area (Å²) in [6.45, 7) is 5.17. The minimum atomic E-state index is -3.52. The van der Waals surface area contributed by atoms with Crippen LogP contribution >= 0.6 is 7.82 Å². The Morgan fingerprint density at radius 1 is 1.07 bits per heavy atom. The minimum absolute atomic E-state index is 0.00950. The van der Waals surface area contributed by atoms with Crippen molar-refractivity contribution in [3.8, 4) is 11.5 Å². The Hall–Kier alpha value is -1.81. The van der Waals surface area contributed by atoms with Gasteiger partial charge >= 0.3 is 7.82 Å². The van der Waals surface area contributed by atoms with Gasteiger partial charge in [0.05, 0.1) is 20.3 Å². The molecule has 0 N–H and O–H groups in total. The largest absolute Gasteiger partial charge is 0.530 e. The molecule has 1 heterocycles. The first kappa shape index (κ1) is 18.9. The number of phosphoric ester groups is 1. The summed E-state index contributed by atoms with van der Waals surface area (Å²) < 4.78 is 34.5. The fraction of sp³-hybridized carbons (Fsp3) is 0.500. The molecule has 158 valence electrons. The molecule has 6 heteroatoms. The first-order chi connectivity index (χ1) is 14.5. The average Bonchev–Trinajstić information content (AvgIpc) is 3.16. The van der Waals surface area contributed by atoms with Crippen LogP contribution in [0, 0.1) is 17.8 Å². The summed E-state index contributed by atoms with van der Waals surface area (Å²) in [6.07, 6.45) is 6.33. The highest BCUT2D eigenvalue weighted by Gasteiger charge is 2.55. The van der Waals surface area contributed by atoms with E-state index in [4.69, 9.17) is 18.3 Å². The van der Waals surface area contributed by atoms with E-state index < -0.39 is 7.82 Å². The molecule has 2 atom stereocenters. The maximum atomic E-state index is 12.5. The van der Waals surface area contributed by atoms with Crippen LogP contribution in [0.3, 0.4) is 0 Å². The van der Waals surface area contributed by atoms with Crippen molar-refractivity contribution in [3.05, 3.63) is 48.0 Å². The molecule has 30 heavy (non-hydrogen) atoms. The standard InChI is InChI=1S/C24H27O5P/c1-15-19-10-16-9-17(11-19)14-24(15,13-16)22-6-4-18-3-5-20(12-21(18)23(22)26-2)29-30(25)27-7-8-28-30/h3-6,12,16-17,19H,1,7-11,13-14H2,2H3. The highest BCUT2D eigenvalue weighted by Crippen LogP contribution is 2.64. The molecule has 0 amide bonds. The zero-order valence-corrected chi connectivity index (χ0v) is 18.2. The molecular formula is C24H27O5P. The lowest BCUT2D eigenvalue weighted by Gasteiger charge is -2.58. The lowest BCUT2D eigenvalue weighted by atomic mass is 9.46. The zero-order chi connectivity index (χ0) is 20.5. The van der Waals surface area contributed by atoms with Gasteiger partial charge in [-0.05, 0) is 67.4 Å². The third-order valence-electron chi connectivity index (χ3n) is 7.75. The molecule has 0 radical (unpaired) electrons. The van der Waals surface area contributed by atoms with Crippen molar-refractivity contribution in [2.24, 2.45) is 17.8 Å². The van der Waals surface area contributed by atoms with Gasteiger partial charge in [-0.1, -0.05) is 30.4 Å².